The lowest BCUT2D eigenvalue weighted by molar-refractivity contribution is -0.142. The van der Waals surface area contributed by atoms with E-state index in [1.54, 1.807) is 0 Å². The van der Waals surface area contributed by atoms with Crippen molar-refractivity contribution in [3.05, 3.63) is 18.2 Å². The molecule has 4 unspecified atom stereocenters. The Labute approximate surface area is 176 Å². The van der Waals surface area contributed by atoms with E-state index in [1.807, 2.05) is 0 Å². The number of hydrogen-bond acceptors (Lipinski definition) is 8. The number of carbonyl (C=O) groups excluding carboxylic acids is 3. The molecular weight excluding hydrogens is 416 g/mol. The van der Waals surface area contributed by atoms with Crippen LogP contribution < -0.4 is 21.7 Å². The minimum atomic E-state index is -1.38. The summed E-state index contributed by atoms with van der Waals surface area (Å²) in [6, 6.07) is -5.19. The maximum atomic E-state index is 12.8. The fourth-order valence-electron chi connectivity index (χ4n) is 2.37. The first-order valence-corrected chi connectivity index (χ1v) is 9.24. The molecule has 0 aliphatic heterocycles. The number of rotatable bonds is 13. The van der Waals surface area contributed by atoms with Gasteiger partial charge in [-0.15, -0.1) is 0 Å². The fraction of sp³-hybridized carbons (Fsp3) is 0.529. The number of H-pyrrole nitrogens is 1. The van der Waals surface area contributed by atoms with E-state index in [4.69, 9.17) is 21.1 Å². The molecule has 1 heterocycles. The molecule has 0 saturated heterocycles. The molecule has 172 valence electrons. The molecule has 0 fully saturated rings. The molecular formula is C17H26N6O8. The van der Waals surface area contributed by atoms with Gasteiger partial charge in [0.05, 0.1) is 12.9 Å². The average molecular weight is 442 g/mol. The zero-order valence-electron chi connectivity index (χ0n) is 16.7. The predicted octanol–water partition coefficient (Wildman–Crippen LogP) is -3.30. The van der Waals surface area contributed by atoms with Crippen LogP contribution in [0.2, 0.25) is 0 Å². The molecule has 9 N–H and O–H groups in total. The second-order valence-corrected chi connectivity index (χ2v) is 6.69. The van der Waals surface area contributed by atoms with E-state index < -0.39 is 66.9 Å². The second kappa shape index (κ2) is 12.2. The average Bonchev–Trinajstić information content (AvgIpc) is 3.22. The number of aliphatic hydroxyl groups is 1. The van der Waals surface area contributed by atoms with Crippen LogP contribution in [0.5, 0.6) is 0 Å². The first-order valence-electron chi connectivity index (χ1n) is 9.24. The Balaban J connectivity index is 2.99. The molecule has 0 spiro atoms. The van der Waals surface area contributed by atoms with Crippen molar-refractivity contribution in [3.63, 3.8) is 0 Å². The Hall–Kier alpha value is -3.52. The van der Waals surface area contributed by atoms with Crippen molar-refractivity contribution in [2.24, 2.45) is 5.73 Å². The van der Waals surface area contributed by atoms with Gasteiger partial charge in [0.25, 0.3) is 0 Å². The zero-order valence-corrected chi connectivity index (χ0v) is 16.7. The van der Waals surface area contributed by atoms with Crippen molar-refractivity contribution in [1.82, 2.24) is 25.9 Å². The van der Waals surface area contributed by atoms with Gasteiger partial charge in [-0.1, -0.05) is 0 Å². The van der Waals surface area contributed by atoms with E-state index in [-0.39, 0.29) is 12.8 Å². The second-order valence-electron chi connectivity index (χ2n) is 6.69. The first kappa shape index (κ1) is 25.5. The Bertz CT molecular complexity index is 784. The highest BCUT2D eigenvalue weighted by Gasteiger charge is 2.30. The monoisotopic (exact) mass is 442 g/mol. The van der Waals surface area contributed by atoms with Gasteiger partial charge in [0.15, 0.2) is 0 Å². The molecule has 3 amide bonds. The highest BCUT2D eigenvalue weighted by molar-refractivity contribution is 5.94. The molecule has 1 rings (SSSR count). The topological polar surface area (TPSA) is 237 Å². The number of aromatic amines is 1. The number of nitrogens with one attached hydrogen (secondary N) is 4. The number of carboxylic acid groups (broad SMARTS) is 2. The molecule has 14 nitrogen and oxygen atoms in total. The van der Waals surface area contributed by atoms with Crippen LogP contribution in [0.4, 0.5) is 0 Å². The highest BCUT2D eigenvalue weighted by atomic mass is 16.4. The van der Waals surface area contributed by atoms with Gasteiger partial charge >= 0.3 is 11.9 Å². The molecule has 1 aromatic heterocycles. The lowest BCUT2D eigenvalue weighted by atomic mass is 10.1. The summed E-state index contributed by atoms with van der Waals surface area (Å²) >= 11 is 0. The van der Waals surface area contributed by atoms with Gasteiger partial charge in [-0.2, -0.15) is 0 Å². The van der Waals surface area contributed by atoms with Crippen molar-refractivity contribution >= 4 is 29.7 Å². The van der Waals surface area contributed by atoms with Gasteiger partial charge in [-0.05, 0) is 13.3 Å². The van der Waals surface area contributed by atoms with E-state index in [9.17, 15) is 24.0 Å². The van der Waals surface area contributed by atoms with Gasteiger partial charge in [-0.25, -0.2) is 4.98 Å². The summed E-state index contributed by atoms with van der Waals surface area (Å²) in [5.74, 6) is -5.12. The van der Waals surface area contributed by atoms with Crippen molar-refractivity contribution in [1.29, 1.82) is 0 Å². The van der Waals surface area contributed by atoms with Gasteiger partial charge in [0.2, 0.25) is 17.7 Å². The largest absolute Gasteiger partial charge is 0.481 e. The third-order valence-corrected chi connectivity index (χ3v) is 4.15. The summed E-state index contributed by atoms with van der Waals surface area (Å²) in [7, 11) is 0. The number of hydrogen-bond donors (Lipinski definition) is 8. The predicted molar refractivity (Wildman–Crippen MR) is 103 cm³/mol. The Morgan fingerprint density at radius 1 is 1.06 bits per heavy atom. The number of imidazole rings is 1. The van der Waals surface area contributed by atoms with Gasteiger partial charge < -0.3 is 42.0 Å². The molecule has 4 atom stereocenters. The van der Waals surface area contributed by atoms with E-state index in [0.717, 1.165) is 0 Å². The SMILES string of the molecule is CC(NC(=O)C(CCC(=O)O)NC(=O)C(Cc1cnc[nH]1)NC(=O)C(N)CO)C(=O)O. The number of nitrogens with zero attached hydrogens (tertiary/aromatic N) is 1. The van der Waals surface area contributed by atoms with Crippen molar-refractivity contribution in [2.75, 3.05) is 6.61 Å². The molecule has 14 heteroatoms. The van der Waals surface area contributed by atoms with Crippen LogP contribution in [-0.4, -0.2) is 85.7 Å². The van der Waals surface area contributed by atoms with Crippen molar-refractivity contribution < 1.29 is 39.3 Å². The molecule has 0 bridgehead atoms. The summed E-state index contributed by atoms with van der Waals surface area (Å²) < 4.78 is 0. The highest BCUT2D eigenvalue weighted by Crippen LogP contribution is 2.04. The third-order valence-electron chi connectivity index (χ3n) is 4.15. The number of nitrogens with two attached hydrogens (primary N) is 1. The normalized spacial score (nSPS) is 14.5. The standard InChI is InChI=1S/C17H26N6O8/c1-8(17(30)31)21-15(28)11(2-3-13(25)26)22-16(29)12(4-9-5-19-7-20-9)23-14(27)10(18)6-24/h5,7-8,10-12,24H,2-4,6,18H2,1H3,(H,19,20)(H,21,28)(H,22,29)(H,23,27)(H,25,26)(H,30,31). The number of aromatic nitrogens is 2. The van der Waals surface area contributed by atoms with Crippen molar-refractivity contribution in [2.45, 2.75) is 50.4 Å². The lowest BCUT2D eigenvalue weighted by Gasteiger charge is -2.24. The summed E-state index contributed by atoms with van der Waals surface area (Å²) in [5, 5.41) is 33.7. The Kier molecular flexibility index (Phi) is 10.1. The van der Waals surface area contributed by atoms with Crippen LogP contribution >= 0.6 is 0 Å². The van der Waals surface area contributed by atoms with E-state index in [0.29, 0.717) is 5.69 Å². The quantitative estimate of drug-likeness (QED) is 0.151. The van der Waals surface area contributed by atoms with Gasteiger partial charge in [0, 0.05) is 24.7 Å². The molecule has 0 saturated carbocycles. The summed E-state index contributed by atoms with van der Waals surface area (Å²) in [5.41, 5.74) is 5.92. The van der Waals surface area contributed by atoms with E-state index in [1.165, 1.54) is 19.4 Å². The molecule has 0 aliphatic carbocycles. The molecule has 0 aromatic carbocycles. The molecule has 0 radical (unpaired) electrons. The van der Waals surface area contributed by atoms with Gasteiger partial charge in [-0.3, -0.25) is 24.0 Å². The molecule has 0 aliphatic rings. The zero-order chi connectivity index (χ0) is 23.6. The third kappa shape index (κ3) is 8.79. The van der Waals surface area contributed by atoms with Crippen LogP contribution in [0.15, 0.2) is 12.5 Å². The first-order chi connectivity index (χ1) is 14.5. The van der Waals surface area contributed by atoms with Crippen LogP contribution in [0.3, 0.4) is 0 Å². The number of carbonyl (C=O) groups is 5. The summed E-state index contributed by atoms with van der Waals surface area (Å²) in [6.07, 6.45) is 1.88. The fourth-order valence-corrected chi connectivity index (χ4v) is 2.37. The van der Waals surface area contributed by atoms with Crippen LogP contribution in [0.1, 0.15) is 25.5 Å². The minimum absolute atomic E-state index is 0.0749. The number of amides is 3. The summed E-state index contributed by atoms with van der Waals surface area (Å²) in [6.45, 7) is 0.537. The van der Waals surface area contributed by atoms with E-state index in [2.05, 4.69) is 25.9 Å². The maximum absolute atomic E-state index is 12.8. The minimum Gasteiger partial charge on any atom is -0.481 e. The van der Waals surface area contributed by atoms with E-state index >= 15 is 0 Å². The Morgan fingerprint density at radius 3 is 2.19 bits per heavy atom. The number of carboxylic acids is 2. The molecule has 31 heavy (non-hydrogen) atoms. The Morgan fingerprint density at radius 2 is 1.68 bits per heavy atom. The number of aliphatic hydroxyl groups excluding tert-OH is 1. The van der Waals surface area contributed by atoms with Gasteiger partial charge in [0.1, 0.15) is 24.2 Å². The summed E-state index contributed by atoms with van der Waals surface area (Å²) in [4.78, 5) is 65.6. The molecule has 1 aromatic rings. The lowest BCUT2D eigenvalue weighted by Crippen LogP contribution is -2.57. The van der Waals surface area contributed by atoms with Crippen LogP contribution in [-0.2, 0) is 30.4 Å². The van der Waals surface area contributed by atoms with Crippen LogP contribution in [0.25, 0.3) is 0 Å². The maximum Gasteiger partial charge on any atom is 0.325 e. The smallest absolute Gasteiger partial charge is 0.325 e. The van der Waals surface area contributed by atoms with Crippen molar-refractivity contribution in [3.8, 4) is 0 Å². The van der Waals surface area contributed by atoms with Crippen LogP contribution in [0, 0.1) is 0 Å². The number of aliphatic carboxylic acids is 2.